The number of aryl methyl sites for hydroxylation is 2. The Kier molecular flexibility index (Phi) is 4.90. The Bertz CT molecular complexity index is 508. The predicted octanol–water partition coefficient (Wildman–Crippen LogP) is -1.95. The van der Waals surface area contributed by atoms with Gasteiger partial charge >= 0.3 is 29.6 Å². The molecule has 5 nitrogen and oxygen atoms in total. The molecule has 0 amide bonds. The van der Waals surface area contributed by atoms with Crippen molar-refractivity contribution in [2.45, 2.75) is 20.0 Å². The molecule has 2 rings (SSSR count). The van der Waals surface area contributed by atoms with Crippen molar-refractivity contribution in [3.05, 3.63) is 9.75 Å². The zero-order chi connectivity index (χ0) is 11.9. The molecule has 1 aliphatic rings. The standard InChI is InChI=1S/C9H12O5S2.Na/c1-5-8-9(6(2)15-5)14-7(3-13-8)4-16(10,11)12;/h7H,3-4H2,1-2H3,(H,10,11,12);/q;+1/p-1. The normalized spacial score (nSPS) is 18.6. The Morgan fingerprint density at radius 3 is 2.53 bits per heavy atom. The van der Waals surface area contributed by atoms with Crippen LogP contribution in [0.4, 0.5) is 0 Å². The molecule has 0 aliphatic carbocycles. The molecule has 0 radical (unpaired) electrons. The summed E-state index contributed by atoms with van der Waals surface area (Å²) < 4.78 is 42.7. The zero-order valence-corrected chi connectivity index (χ0v) is 13.5. The molecule has 0 bridgehead atoms. The Hall–Kier alpha value is 0.210. The van der Waals surface area contributed by atoms with Gasteiger partial charge < -0.3 is 14.0 Å². The van der Waals surface area contributed by atoms with Crippen molar-refractivity contribution in [1.82, 2.24) is 0 Å². The maximum Gasteiger partial charge on any atom is 1.00 e. The molecule has 1 aliphatic heterocycles. The van der Waals surface area contributed by atoms with Gasteiger partial charge in [-0.15, -0.1) is 11.3 Å². The van der Waals surface area contributed by atoms with E-state index in [-0.39, 0.29) is 36.2 Å². The number of rotatable bonds is 2. The van der Waals surface area contributed by atoms with Crippen LogP contribution in [0.15, 0.2) is 0 Å². The number of hydrogen-bond acceptors (Lipinski definition) is 6. The summed E-state index contributed by atoms with van der Waals surface area (Å²) in [5, 5.41) is 0. The molecule has 1 aromatic heterocycles. The van der Waals surface area contributed by atoms with E-state index >= 15 is 0 Å². The molecule has 1 unspecified atom stereocenters. The van der Waals surface area contributed by atoms with E-state index in [0.29, 0.717) is 11.5 Å². The van der Waals surface area contributed by atoms with Crippen LogP contribution < -0.4 is 39.0 Å². The van der Waals surface area contributed by atoms with Crippen LogP contribution in [0.5, 0.6) is 11.5 Å². The van der Waals surface area contributed by atoms with Gasteiger partial charge in [0, 0.05) is 9.75 Å². The summed E-state index contributed by atoms with van der Waals surface area (Å²) in [7, 11) is -4.28. The molecule has 1 atom stereocenters. The van der Waals surface area contributed by atoms with Crippen molar-refractivity contribution in [2.75, 3.05) is 12.4 Å². The van der Waals surface area contributed by atoms with E-state index in [1.54, 1.807) is 0 Å². The van der Waals surface area contributed by atoms with E-state index < -0.39 is 22.0 Å². The molecule has 0 saturated carbocycles. The Labute approximate surface area is 126 Å². The summed E-state index contributed by atoms with van der Waals surface area (Å²) in [6.45, 7) is 3.88. The van der Waals surface area contributed by atoms with Gasteiger partial charge in [0.05, 0.1) is 15.9 Å². The molecular weight excluding hydrogens is 275 g/mol. The Balaban J connectivity index is 0.00000144. The summed E-state index contributed by atoms with van der Waals surface area (Å²) in [6, 6.07) is 0. The first kappa shape index (κ1) is 15.3. The van der Waals surface area contributed by atoms with Crippen LogP contribution in [0.2, 0.25) is 0 Å². The van der Waals surface area contributed by atoms with E-state index in [1.807, 2.05) is 13.8 Å². The van der Waals surface area contributed by atoms with Crippen LogP contribution in [0, 0.1) is 13.8 Å². The Morgan fingerprint density at radius 2 is 1.94 bits per heavy atom. The van der Waals surface area contributed by atoms with E-state index in [9.17, 15) is 13.0 Å². The van der Waals surface area contributed by atoms with E-state index in [1.165, 1.54) is 11.3 Å². The molecule has 0 saturated heterocycles. The average molecular weight is 286 g/mol. The van der Waals surface area contributed by atoms with Crippen molar-refractivity contribution in [3.63, 3.8) is 0 Å². The van der Waals surface area contributed by atoms with Crippen molar-refractivity contribution in [2.24, 2.45) is 0 Å². The second kappa shape index (κ2) is 5.46. The first-order valence-corrected chi connectivity index (χ1v) is 7.09. The van der Waals surface area contributed by atoms with Gasteiger partial charge in [0.1, 0.15) is 12.7 Å². The fraction of sp³-hybridized carbons (Fsp3) is 0.556. The Morgan fingerprint density at radius 1 is 1.35 bits per heavy atom. The first-order chi connectivity index (χ1) is 7.37. The molecule has 2 heterocycles. The van der Waals surface area contributed by atoms with Crippen LogP contribution in [-0.2, 0) is 10.1 Å². The molecule has 0 fully saturated rings. The minimum absolute atomic E-state index is 0. The molecule has 0 aromatic carbocycles. The molecule has 0 N–H and O–H groups in total. The van der Waals surface area contributed by atoms with E-state index in [2.05, 4.69) is 0 Å². The number of thiophene rings is 1. The maximum atomic E-state index is 10.6. The van der Waals surface area contributed by atoms with Gasteiger partial charge in [-0.1, -0.05) is 0 Å². The fourth-order valence-electron chi connectivity index (χ4n) is 1.63. The third-order valence-electron chi connectivity index (χ3n) is 2.24. The van der Waals surface area contributed by atoms with Crippen molar-refractivity contribution in [1.29, 1.82) is 0 Å². The molecular formula is C9H11NaO5S2. The molecule has 8 heteroatoms. The van der Waals surface area contributed by atoms with Crippen LogP contribution in [-0.4, -0.2) is 31.4 Å². The number of hydrogen-bond donors (Lipinski definition) is 0. The van der Waals surface area contributed by atoms with Gasteiger partial charge in [-0.25, -0.2) is 8.42 Å². The molecule has 1 aromatic rings. The number of fused-ring (bicyclic) bond motifs is 1. The topological polar surface area (TPSA) is 75.7 Å². The van der Waals surface area contributed by atoms with Gasteiger partial charge in [-0.05, 0) is 13.8 Å². The number of ether oxygens (including phenoxy) is 2. The predicted molar refractivity (Wildman–Crippen MR) is 58.3 cm³/mol. The molecule has 0 spiro atoms. The van der Waals surface area contributed by atoms with Crippen molar-refractivity contribution < 1.29 is 52.0 Å². The quantitative estimate of drug-likeness (QED) is 0.467. The summed E-state index contributed by atoms with van der Waals surface area (Å²) in [4.78, 5) is 1.93. The average Bonchev–Trinajstić information content (AvgIpc) is 2.40. The maximum absolute atomic E-state index is 10.6. The van der Waals surface area contributed by atoms with Crippen molar-refractivity contribution in [3.8, 4) is 11.5 Å². The minimum atomic E-state index is -4.28. The smallest absolute Gasteiger partial charge is 0.748 e. The van der Waals surface area contributed by atoms with E-state index in [0.717, 1.165) is 9.75 Å². The van der Waals surface area contributed by atoms with Crippen LogP contribution in [0.1, 0.15) is 9.75 Å². The van der Waals surface area contributed by atoms with Gasteiger partial charge in [-0.2, -0.15) is 0 Å². The van der Waals surface area contributed by atoms with Crippen LogP contribution in [0.25, 0.3) is 0 Å². The van der Waals surface area contributed by atoms with Gasteiger partial charge in [0.15, 0.2) is 11.5 Å². The SMILES string of the molecule is Cc1sc(C)c2c1OCC(CS(=O)(=O)[O-])O2.[Na+]. The fourth-order valence-corrected chi connectivity index (χ4v) is 3.19. The van der Waals surface area contributed by atoms with Gasteiger partial charge in [0.2, 0.25) is 0 Å². The van der Waals surface area contributed by atoms with Gasteiger partial charge in [0.25, 0.3) is 0 Å². The summed E-state index contributed by atoms with van der Waals surface area (Å²) in [5.74, 6) is 0.685. The minimum Gasteiger partial charge on any atom is -0.748 e. The van der Waals surface area contributed by atoms with Gasteiger partial charge in [-0.3, -0.25) is 0 Å². The summed E-state index contributed by atoms with van der Waals surface area (Å²) >= 11 is 1.53. The molecule has 90 valence electrons. The largest absolute Gasteiger partial charge is 1.00 e. The van der Waals surface area contributed by atoms with Crippen molar-refractivity contribution >= 4 is 21.5 Å². The zero-order valence-electron chi connectivity index (χ0n) is 9.85. The summed E-state index contributed by atoms with van der Waals surface area (Å²) in [6.07, 6.45) is -0.706. The van der Waals surface area contributed by atoms with Crippen LogP contribution >= 0.6 is 11.3 Å². The third-order valence-corrected chi connectivity index (χ3v) is 4.00. The van der Waals surface area contributed by atoms with Crippen LogP contribution in [0.3, 0.4) is 0 Å². The second-order valence-electron chi connectivity index (χ2n) is 3.65. The monoisotopic (exact) mass is 286 g/mol. The van der Waals surface area contributed by atoms with E-state index in [4.69, 9.17) is 9.47 Å². The summed E-state index contributed by atoms with van der Waals surface area (Å²) in [5.41, 5.74) is 0. The molecule has 17 heavy (non-hydrogen) atoms. The third kappa shape index (κ3) is 3.59. The second-order valence-corrected chi connectivity index (χ2v) is 6.53. The first-order valence-electron chi connectivity index (χ1n) is 4.70.